The molecule has 0 amide bonds. The Hall–Kier alpha value is -2.65. The van der Waals surface area contributed by atoms with Crippen molar-refractivity contribution in [2.75, 3.05) is 39.3 Å². The average Bonchev–Trinajstić information content (AvgIpc) is 3.15. The van der Waals surface area contributed by atoms with Crippen molar-refractivity contribution in [3.05, 3.63) is 53.3 Å². The molecule has 2 saturated heterocycles. The number of nitrogens with two attached hydrogens (primary N) is 1. The van der Waals surface area contributed by atoms with Gasteiger partial charge in [-0.2, -0.15) is 0 Å². The molecule has 0 atom stereocenters. The first kappa shape index (κ1) is 26.4. The van der Waals surface area contributed by atoms with Crippen LogP contribution in [0.15, 0.2) is 42.5 Å². The molecule has 0 radical (unpaired) electrons. The Balaban J connectivity index is 0.000000174. The Labute approximate surface area is 217 Å². The van der Waals surface area contributed by atoms with Crippen LogP contribution in [0.4, 0.5) is 0 Å². The normalized spacial score (nSPS) is 17.8. The van der Waals surface area contributed by atoms with E-state index in [4.69, 9.17) is 27.2 Å². The zero-order valence-corrected chi connectivity index (χ0v) is 21.4. The number of nitrogens with one attached hydrogen (secondary N) is 1. The second-order valence-corrected chi connectivity index (χ2v) is 9.93. The molecule has 194 valence electrons. The summed E-state index contributed by atoms with van der Waals surface area (Å²) >= 11 is 5.80. The molecule has 2 aliphatic rings. The van der Waals surface area contributed by atoms with Crippen LogP contribution < -0.4 is 10.5 Å². The van der Waals surface area contributed by atoms with Crippen molar-refractivity contribution in [2.24, 2.45) is 5.73 Å². The minimum atomic E-state index is -1.02. The Morgan fingerprint density at radius 2 is 1.69 bits per heavy atom. The largest absolute Gasteiger partial charge is 0.477 e. The number of pyridine rings is 1. The highest BCUT2D eigenvalue weighted by Crippen LogP contribution is 2.30. The summed E-state index contributed by atoms with van der Waals surface area (Å²) in [5.74, 6) is -0.155. The van der Waals surface area contributed by atoms with E-state index in [1.54, 1.807) is 36.4 Å². The van der Waals surface area contributed by atoms with Gasteiger partial charge in [-0.05, 0) is 76.1 Å². The Morgan fingerprint density at radius 3 is 2.36 bits per heavy atom. The number of H-pyrrole nitrogens is 1. The molecule has 2 aromatic heterocycles. The van der Waals surface area contributed by atoms with Gasteiger partial charge in [0.15, 0.2) is 0 Å². The number of benzene rings is 1. The number of rotatable bonds is 6. The van der Waals surface area contributed by atoms with Gasteiger partial charge < -0.3 is 30.4 Å². The van der Waals surface area contributed by atoms with Crippen LogP contribution in [0.5, 0.6) is 11.6 Å². The highest BCUT2D eigenvalue weighted by Gasteiger charge is 2.17. The number of fused-ring (bicyclic) bond motifs is 1. The van der Waals surface area contributed by atoms with E-state index in [1.165, 1.54) is 83.9 Å². The molecule has 8 nitrogen and oxygen atoms in total. The first-order valence-corrected chi connectivity index (χ1v) is 13.2. The number of halogens is 1. The summed E-state index contributed by atoms with van der Waals surface area (Å²) in [5, 5.41) is 10.0. The van der Waals surface area contributed by atoms with Gasteiger partial charge in [-0.1, -0.05) is 36.6 Å². The maximum atomic E-state index is 11.0. The van der Waals surface area contributed by atoms with Crippen LogP contribution in [0, 0.1) is 0 Å². The van der Waals surface area contributed by atoms with Crippen LogP contribution in [-0.4, -0.2) is 76.2 Å². The standard InChI is InChI=1S/C14H9ClN2O3.C13H27N3/c15-12-5-2-6-13(17-12)20-11-4-1-3-9-8(11)7-10(16-9)14(18)19;14-13-5-9-16(10-6-13)12-11-15-7-3-1-2-4-8-15/h1-7,16H,(H,18,19);13H,1-12,14H2. The van der Waals surface area contributed by atoms with E-state index in [2.05, 4.69) is 19.8 Å². The van der Waals surface area contributed by atoms with Crippen molar-refractivity contribution in [3.63, 3.8) is 0 Å². The van der Waals surface area contributed by atoms with Crippen molar-refractivity contribution in [2.45, 2.75) is 44.6 Å². The molecule has 2 fully saturated rings. The number of nitrogens with zero attached hydrogens (tertiary/aromatic N) is 3. The van der Waals surface area contributed by atoms with Crippen molar-refractivity contribution in [1.29, 1.82) is 0 Å². The summed E-state index contributed by atoms with van der Waals surface area (Å²) < 4.78 is 5.66. The molecule has 5 rings (SSSR count). The number of hydrogen-bond donors (Lipinski definition) is 3. The van der Waals surface area contributed by atoms with Gasteiger partial charge in [0.2, 0.25) is 5.88 Å². The minimum Gasteiger partial charge on any atom is -0.477 e. The van der Waals surface area contributed by atoms with E-state index in [0.29, 0.717) is 33.7 Å². The van der Waals surface area contributed by atoms with Gasteiger partial charge in [0.25, 0.3) is 0 Å². The van der Waals surface area contributed by atoms with Gasteiger partial charge in [-0.25, -0.2) is 9.78 Å². The van der Waals surface area contributed by atoms with Crippen molar-refractivity contribution >= 4 is 28.5 Å². The van der Waals surface area contributed by atoms with Crippen molar-refractivity contribution in [1.82, 2.24) is 19.8 Å². The SMILES string of the molecule is NC1CCN(CCN2CCCCCC2)CC1.O=C(O)c1cc2c(Oc3cccc(Cl)n3)cccc2[nH]1. The van der Waals surface area contributed by atoms with Crippen molar-refractivity contribution < 1.29 is 14.6 Å². The molecule has 0 bridgehead atoms. The molecule has 4 heterocycles. The van der Waals surface area contributed by atoms with Crippen LogP contribution in [0.3, 0.4) is 0 Å². The summed E-state index contributed by atoms with van der Waals surface area (Å²) in [7, 11) is 0. The Kier molecular flexibility index (Phi) is 9.58. The fourth-order valence-corrected chi connectivity index (χ4v) is 4.87. The van der Waals surface area contributed by atoms with E-state index in [-0.39, 0.29) is 5.69 Å². The van der Waals surface area contributed by atoms with Gasteiger partial charge in [-0.15, -0.1) is 0 Å². The quantitative estimate of drug-likeness (QED) is 0.398. The maximum Gasteiger partial charge on any atom is 0.352 e. The first-order valence-electron chi connectivity index (χ1n) is 12.8. The smallest absolute Gasteiger partial charge is 0.352 e. The molecule has 0 saturated carbocycles. The Morgan fingerprint density at radius 1 is 1.03 bits per heavy atom. The molecule has 4 N–H and O–H groups in total. The fourth-order valence-electron chi connectivity index (χ4n) is 4.71. The van der Waals surface area contributed by atoms with Gasteiger partial charge in [0.05, 0.1) is 0 Å². The zero-order valence-electron chi connectivity index (χ0n) is 20.7. The fraction of sp³-hybridized carbons (Fsp3) is 0.481. The van der Waals surface area contributed by atoms with E-state index < -0.39 is 5.97 Å². The first-order chi connectivity index (χ1) is 17.5. The summed E-state index contributed by atoms with van der Waals surface area (Å²) in [6.45, 7) is 7.62. The second kappa shape index (κ2) is 13.1. The monoisotopic (exact) mass is 513 g/mol. The highest BCUT2D eigenvalue weighted by molar-refractivity contribution is 6.29. The molecular formula is C27H36ClN5O3. The average molecular weight is 514 g/mol. The topological polar surface area (TPSA) is 108 Å². The van der Waals surface area contributed by atoms with Crippen LogP contribution in [-0.2, 0) is 0 Å². The van der Waals surface area contributed by atoms with Crippen LogP contribution in [0.25, 0.3) is 10.9 Å². The molecule has 3 aromatic rings. The number of carbonyl (C=O) groups is 1. The number of aromatic amines is 1. The maximum absolute atomic E-state index is 11.0. The number of aromatic nitrogens is 2. The van der Waals surface area contributed by atoms with Crippen LogP contribution in [0.2, 0.25) is 5.15 Å². The number of hydrogen-bond acceptors (Lipinski definition) is 6. The summed E-state index contributed by atoms with van der Waals surface area (Å²) in [6.07, 6.45) is 8.08. The third-order valence-electron chi connectivity index (χ3n) is 6.82. The summed E-state index contributed by atoms with van der Waals surface area (Å²) in [5.41, 5.74) is 6.71. The van der Waals surface area contributed by atoms with E-state index in [9.17, 15) is 4.79 Å². The number of carboxylic acid groups (broad SMARTS) is 1. The number of aromatic carboxylic acids is 1. The van der Waals surface area contributed by atoms with Gasteiger partial charge in [-0.3, -0.25) is 0 Å². The van der Waals surface area contributed by atoms with E-state index >= 15 is 0 Å². The van der Waals surface area contributed by atoms with E-state index in [1.807, 2.05) is 0 Å². The lowest BCUT2D eigenvalue weighted by molar-refractivity contribution is 0.0691. The predicted octanol–water partition coefficient (Wildman–Crippen LogP) is 4.99. The lowest BCUT2D eigenvalue weighted by Gasteiger charge is -2.32. The molecule has 1 aromatic carbocycles. The van der Waals surface area contributed by atoms with E-state index in [0.717, 1.165) is 0 Å². The lowest BCUT2D eigenvalue weighted by Crippen LogP contribution is -2.43. The number of likely N-dealkylation sites (tertiary alicyclic amines) is 2. The second-order valence-electron chi connectivity index (χ2n) is 9.54. The number of ether oxygens (including phenoxy) is 1. The van der Waals surface area contributed by atoms with Gasteiger partial charge >= 0.3 is 5.97 Å². The molecule has 2 aliphatic heterocycles. The third-order valence-corrected chi connectivity index (χ3v) is 7.03. The van der Waals surface area contributed by atoms with Crippen molar-refractivity contribution in [3.8, 4) is 11.6 Å². The van der Waals surface area contributed by atoms with Gasteiger partial charge in [0, 0.05) is 36.1 Å². The summed E-state index contributed by atoms with van der Waals surface area (Å²) in [6, 6.07) is 12.3. The molecule has 0 unspecified atom stereocenters. The summed E-state index contributed by atoms with van der Waals surface area (Å²) in [4.78, 5) is 23.1. The van der Waals surface area contributed by atoms with Crippen LogP contribution in [0.1, 0.15) is 49.0 Å². The highest BCUT2D eigenvalue weighted by atomic mass is 35.5. The zero-order chi connectivity index (χ0) is 25.3. The molecule has 9 heteroatoms. The molecule has 36 heavy (non-hydrogen) atoms. The van der Waals surface area contributed by atoms with Gasteiger partial charge in [0.1, 0.15) is 16.6 Å². The number of carboxylic acids is 1. The lowest BCUT2D eigenvalue weighted by atomic mass is 10.1. The Bertz CT molecular complexity index is 1120. The molecule has 0 spiro atoms. The molecule has 0 aliphatic carbocycles. The predicted molar refractivity (Wildman–Crippen MR) is 143 cm³/mol. The third kappa shape index (κ3) is 7.67. The number of piperidine rings is 1. The molecular weight excluding hydrogens is 478 g/mol. The minimum absolute atomic E-state index is 0.107. The van der Waals surface area contributed by atoms with Crippen LogP contribution >= 0.6 is 11.6 Å².